The van der Waals surface area contributed by atoms with Gasteiger partial charge in [0.1, 0.15) is 11.6 Å². The highest BCUT2D eigenvalue weighted by Crippen LogP contribution is 2.30. The lowest BCUT2D eigenvalue weighted by molar-refractivity contribution is 0.406. The quantitative estimate of drug-likeness (QED) is 0.890. The Bertz CT molecular complexity index is 470. The number of halogens is 1. The maximum absolute atomic E-state index is 13.2. The third-order valence-corrected chi connectivity index (χ3v) is 3.33. The zero-order valence-electron chi connectivity index (χ0n) is 8.81. The Morgan fingerprint density at radius 1 is 1.38 bits per heavy atom. The molecule has 0 amide bonds. The first-order valence-corrected chi connectivity index (χ1v) is 5.72. The summed E-state index contributed by atoms with van der Waals surface area (Å²) in [7, 11) is 1.55. The Morgan fingerprint density at radius 3 is 2.81 bits per heavy atom. The monoisotopic (exact) mass is 237 g/mol. The van der Waals surface area contributed by atoms with Gasteiger partial charge in [-0.3, -0.25) is 0 Å². The highest BCUT2D eigenvalue weighted by atomic mass is 32.1. The van der Waals surface area contributed by atoms with Crippen molar-refractivity contribution in [1.29, 1.82) is 0 Å². The van der Waals surface area contributed by atoms with Crippen LogP contribution in [0.3, 0.4) is 0 Å². The first kappa shape index (κ1) is 11.1. The number of nitrogens with two attached hydrogens (primary N) is 1. The molecule has 1 atom stereocenters. The number of hydrogen-bond donors (Lipinski definition) is 1. The number of methoxy groups -OCH3 is 1. The third kappa shape index (κ3) is 2.08. The zero-order chi connectivity index (χ0) is 11.5. The van der Waals surface area contributed by atoms with Gasteiger partial charge in [-0.1, -0.05) is 6.07 Å². The van der Waals surface area contributed by atoms with Gasteiger partial charge in [-0.15, -0.1) is 11.3 Å². The number of benzene rings is 1. The molecule has 2 rings (SSSR count). The van der Waals surface area contributed by atoms with E-state index in [2.05, 4.69) is 0 Å². The van der Waals surface area contributed by atoms with Crippen LogP contribution in [0.1, 0.15) is 16.5 Å². The van der Waals surface area contributed by atoms with Crippen LogP contribution in [0.5, 0.6) is 5.75 Å². The summed E-state index contributed by atoms with van der Waals surface area (Å²) in [5.74, 6) is 0.310. The average molecular weight is 237 g/mol. The predicted molar refractivity (Wildman–Crippen MR) is 63.3 cm³/mol. The topological polar surface area (TPSA) is 35.2 Å². The van der Waals surface area contributed by atoms with Gasteiger partial charge in [0.15, 0.2) is 0 Å². The molecular weight excluding hydrogens is 225 g/mol. The maximum Gasteiger partial charge on any atom is 0.124 e. The second-order valence-corrected chi connectivity index (χ2v) is 4.36. The minimum absolute atomic E-state index is 0.303. The van der Waals surface area contributed by atoms with E-state index in [1.54, 1.807) is 24.5 Å². The maximum atomic E-state index is 13.2. The molecule has 84 valence electrons. The van der Waals surface area contributed by atoms with Crippen molar-refractivity contribution in [2.24, 2.45) is 5.73 Å². The molecule has 0 fully saturated rings. The van der Waals surface area contributed by atoms with Gasteiger partial charge >= 0.3 is 0 Å². The normalized spacial score (nSPS) is 12.4. The van der Waals surface area contributed by atoms with Crippen molar-refractivity contribution in [2.75, 3.05) is 7.11 Å². The lowest BCUT2D eigenvalue weighted by Crippen LogP contribution is -2.11. The van der Waals surface area contributed by atoms with Crippen LogP contribution in [-0.4, -0.2) is 7.11 Å². The molecular formula is C12H12FNOS. The molecule has 16 heavy (non-hydrogen) atoms. The number of rotatable bonds is 3. The van der Waals surface area contributed by atoms with Crippen molar-refractivity contribution in [3.63, 3.8) is 0 Å². The van der Waals surface area contributed by atoms with Crippen LogP contribution >= 0.6 is 11.3 Å². The first-order chi connectivity index (χ1) is 7.72. The smallest absolute Gasteiger partial charge is 0.124 e. The zero-order valence-corrected chi connectivity index (χ0v) is 9.63. The molecule has 0 aliphatic rings. The molecule has 1 unspecified atom stereocenters. The van der Waals surface area contributed by atoms with E-state index in [9.17, 15) is 4.39 Å². The van der Waals surface area contributed by atoms with Gasteiger partial charge < -0.3 is 10.5 Å². The summed E-state index contributed by atoms with van der Waals surface area (Å²) >= 11 is 1.55. The van der Waals surface area contributed by atoms with E-state index in [0.29, 0.717) is 11.3 Å². The van der Waals surface area contributed by atoms with Crippen molar-refractivity contribution in [1.82, 2.24) is 0 Å². The summed E-state index contributed by atoms with van der Waals surface area (Å²) in [6.07, 6.45) is 0. The SMILES string of the molecule is COc1ccc(F)cc1C(N)c1cccs1. The van der Waals surface area contributed by atoms with Gasteiger partial charge in [0, 0.05) is 10.4 Å². The van der Waals surface area contributed by atoms with Crippen molar-refractivity contribution < 1.29 is 9.13 Å². The highest BCUT2D eigenvalue weighted by molar-refractivity contribution is 7.10. The fraction of sp³-hybridized carbons (Fsp3) is 0.167. The molecule has 0 aliphatic heterocycles. The van der Waals surface area contributed by atoms with Crippen LogP contribution in [0.2, 0.25) is 0 Å². The fourth-order valence-corrected chi connectivity index (χ4v) is 2.31. The summed E-state index contributed by atoms with van der Waals surface area (Å²) in [4.78, 5) is 0.990. The summed E-state index contributed by atoms with van der Waals surface area (Å²) < 4.78 is 18.4. The summed E-state index contributed by atoms with van der Waals surface area (Å²) in [5, 5.41) is 1.95. The molecule has 0 saturated heterocycles. The van der Waals surface area contributed by atoms with Crippen molar-refractivity contribution in [2.45, 2.75) is 6.04 Å². The molecule has 0 saturated carbocycles. The first-order valence-electron chi connectivity index (χ1n) is 4.85. The van der Waals surface area contributed by atoms with E-state index in [4.69, 9.17) is 10.5 Å². The lowest BCUT2D eigenvalue weighted by Gasteiger charge is -2.14. The van der Waals surface area contributed by atoms with Crippen LogP contribution < -0.4 is 10.5 Å². The van der Waals surface area contributed by atoms with Gasteiger partial charge in [-0.25, -0.2) is 4.39 Å². The summed E-state index contributed by atoms with van der Waals surface area (Å²) in [5.41, 5.74) is 6.74. The molecule has 0 bridgehead atoms. The molecule has 2 aromatic rings. The van der Waals surface area contributed by atoms with Crippen LogP contribution in [0.25, 0.3) is 0 Å². The van der Waals surface area contributed by atoms with Crippen LogP contribution in [-0.2, 0) is 0 Å². The molecule has 2 nitrogen and oxygen atoms in total. The van der Waals surface area contributed by atoms with Crippen molar-refractivity contribution in [3.05, 3.63) is 52.0 Å². The second kappa shape index (κ2) is 4.63. The predicted octanol–water partition coefficient (Wildman–Crippen LogP) is 2.94. The van der Waals surface area contributed by atoms with Gasteiger partial charge in [0.2, 0.25) is 0 Å². The number of hydrogen-bond acceptors (Lipinski definition) is 3. The van der Waals surface area contributed by atoms with Gasteiger partial charge in [-0.2, -0.15) is 0 Å². The second-order valence-electron chi connectivity index (χ2n) is 3.38. The minimum atomic E-state index is -0.342. The van der Waals surface area contributed by atoms with E-state index in [-0.39, 0.29) is 11.9 Å². The van der Waals surface area contributed by atoms with Crippen molar-refractivity contribution >= 4 is 11.3 Å². The molecule has 0 spiro atoms. The molecule has 1 aromatic heterocycles. The van der Waals surface area contributed by atoms with E-state index >= 15 is 0 Å². The minimum Gasteiger partial charge on any atom is -0.496 e. The van der Waals surface area contributed by atoms with Crippen LogP contribution in [0.15, 0.2) is 35.7 Å². The standard InChI is InChI=1S/C12H12FNOS/c1-15-10-5-4-8(13)7-9(10)12(14)11-3-2-6-16-11/h2-7,12H,14H2,1H3. The largest absolute Gasteiger partial charge is 0.496 e. The molecule has 1 aromatic carbocycles. The average Bonchev–Trinajstić information content (AvgIpc) is 2.81. The Kier molecular flexibility index (Phi) is 3.22. The summed E-state index contributed by atoms with van der Waals surface area (Å²) in [6, 6.07) is 7.89. The molecule has 2 N–H and O–H groups in total. The van der Waals surface area contributed by atoms with E-state index < -0.39 is 0 Å². The Labute approximate surface area is 97.5 Å². The van der Waals surface area contributed by atoms with E-state index in [1.165, 1.54) is 12.1 Å². The van der Waals surface area contributed by atoms with Crippen LogP contribution in [0, 0.1) is 5.82 Å². The van der Waals surface area contributed by atoms with Gasteiger partial charge in [-0.05, 0) is 29.6 Å². The Morgan fingerprint density at radius 2 is 2.19 bits per heavy atom. The molecule has 1 heterocycles. The molecule has 0 radical (unpaired) electrons. The highest BCUT2D eigenvalue weighted by Gasteiger charge is 2.15. The Hall–Kier alpha value is -1.39. The van der Waals surface area contributed by atoms with Gasteiger partial charge in [0.05, 0.1) is 13.2 Å². The van der Waals surface area contributed by atoms with Crippen LogP contribution in [0.4, 0.5) is 4.39 Å². The Balaban J connectivity index is 2.42. The van der Waals surface area contributed by atoms with E-state index in [0.717, 1.165) is 4.88 Å². The molecule has 4 heteroatoms. The number of thiophene rings is 1. The number of ether oxygens (including phenoxy) is 1. The van der Waals surface area contributed by atoms with Gasteiger partial charge in [0.25, 0.3) is 0 Å². The summed E-state index contributed by atoms with van der Waals surface area (Å²) in [6.45, 7) is 0. The molecule has 0 aliphatic carbocycles. The van der Waals surface area contributed by atoms with E-state index in [1.807, 2.05) is 17.5 Å². The third-order valence-electron chi connectivity index (χ3n) is 2.38. The lowest BCUT2D eigenvalue weighted by atomic mass is 10.0. The fourth-order valence-electron chi connectivity index (χ4n) is 1.57. The van der Waals surface area contributed by atoms with Crippen molar-refractivity contribution in [3.8, 4) is 5.75 Å².